The van der Waals surface area contributed by atoms with Gasteiger partial charge in [0, 0.05) is 18.7 Å². The van der Waals surface area contributed by atoms with E-state index >= 15 is 0 Å². The Morgan fingerprint density at radius 1 is 1.28 bits per heavy atom. The van der Waals surface area contributed by atoms with Crippen LogP contribution in [0.4, 0.5) is 0 Å². The highest BCUT2D eigenvalue weighted by molar-refractivity contribution is 9.10. The summed E-state index contributed by atoms with van der Waals surface area (Å²) in [6.45, 7) is 1.68. The first-order valence-corrected chi connectivity index (χ1v) is 6.65. The lowest BCUT2D eigenvalue weighted by molar-refractivity contribution is 0.0644. The Morgan fingerprint density at radius 3 is 2.61 bits per heavy atom. The van der Waals surface area contributed by atoms with Crippen molar-refractivity contribution in [3.8, 4) is 11.3 Å². The highest BCUT2D eigenvalue weighted by atomic mass is 79.9. The summed E-state index contributed by atoms with van der Waals surface area (Å²) in [5.41, 5.74) is 2.30. The number of amides is 1. The number of halogens is 1. The van der Waals surface area contributed by atoms with Crippen molar-refractivity contribution in [3.63, 3.8) is 0 Å². The van der Waals surface area contributed by atoms with Crippen LogP contribution in [0.3, 0.4) is 0 Å². The van der Waals surface area contributed by atoms with E-state index in [2.05, 4.69) is 26.1 Å². The van der Waals surface area contributed by atoms with Gasteiger partial charge in [-0.15, -0.1) is 0 Å². The van der Waals surface area contributed by atoms with Crippen LogP contribution in [0, 0.1) is 0 Å². The third kappa shape index (κ3) is 1.84. The number of benzene rings is 1. The molecule has 1 aliphatic rings. The van der Waals surface area contributed by atoms with Gasteiger partial charge in [-0.1, -0.05) is 30.3 Å². The second kappa shape index (κ2) is 4.57. The van der Waals surface area contributed by atoms with E-state index in [-0.39, 0.29) is 5.91 Å². The second-order valence-electron chi connectivity index (χ2n) is 4.27. The lowest BCUT2D eigenvalue weighted by Crippen LogP contribution is -2.42. The molecule has 0 unspecified atom stereocenters. The number of nitrogens with one attached hydrogen (secondary N) is 1. The van der Waals surface area contributed by atoms with Crippen LogP contribution >= 0.6 is 15.9 Å². The fourth-order valence-electron chi connectivity index (χ4n) is 1.93. The van der Waals surface area contributed by atoms with E-state index in [4.69, 9.17) is 0 Å². The number of nitrogens with zero attached hydrogens (tertiary/aromatic N) is 2. The van der Waals surface area contributed by atoms with Crippen molar-refractivity contribution in [3.05, 3.63) is 40.5 Å². The van der Waals surface area contributed by atoms with Crippen LogP contribution in [-0.2, 0) is 0 Å². The van der Waals surface area contributed by atoms with Crippen molar-refractivity contribution in [1.82, 2.24) is 15.1 Å². The molecule has 0 radical (unpaired) electrons. The minimum absolute atomic E-state index is 0.0165. The fraction of sp³-hybridized carbons (Fsp3) is 0.231. The van der Waals surface area contributed by atoms with Gasteiger partial charge in [0.1, 0.15) is 11.4 Å². The van der Waals surface area contributed by atoms with Gasteiger partial charge in [0.2, 0.25) is 0 Å². The Bertz CT molecular complexity index is 575. The normalized spacial score (nSPS) is 14.4. The predicted molar refractivity (Wildman–Crippen MR) is 72.2 cm³/mol. The molecule has 1 aliphatic heterocycles. The smallest absolute Gasteiger partial charge is 0.273 e. The van der Waals surface area contributed by atoms with E-state index in [1.54, 1.807) is 0 Å². The molecule has 1 amide bonds. The molecule has 1 N–H and O–H groups in total. The predicted octanol–water partition coefficient (Wildman–Crippen LogP) is 2.69. The molecule has 3 rings (SSSR count). The average Bonchev–Trinajstić information content (AvgIpc) is 2.70. The second-order valence-corrected chi connectivity index (χ2v) is 5.07. The van der Waals surface area contributed by atoms with Gasteiger partial charge >= 0.3 is 0 Å². The highest BCUT2D eigenvalue weighted by Gasteiger charge is 2.26. The topological polar surface area (TPSA) is 49.0 Å². The maximum Gasteiger partial charge on any atom is 0.273 e. The van der Waals surface area contributed by atoms with Gasteiger partial charge in [0.05, 0.1) is 4.47 Å². The zero-order chi connectivity index (χ0) is 12.5. The van der Waals surface area contributed by atoms with Gasteiger partial charge in [-0.3, -0.25) is 9.89 Å². The summed E-state index contributed by atoms with van der Waals surface area (Å²) in [6, 6.07) is 9.80. The number of aromatic amines is 1. The van der Waals surface area contributed by atoms with Crippen LogP contribution in [0.2, 0.25) is 0 Å². The monoisotopic (exact) mass is 305 g/mol. The van der Waals surface area contributed by atoms with E-state index in [9.17, 15) is 4.79 Å². The number of aromatic nitrogens is 2. The fourth-order valence-corrected chi connectivity index (χ4v) is 2.51. The minimum atomic E-state index is 0.0165. The largest absolute Gasteiger partial charge is 0.337 e. The van der Waals surface area contributed by atoms with E-state index in [0.29, 0.717) is 5.69 Å². The summed E-state index contributed by atoms with van der Waals surface area (Å²) in [6.07, 6.45) is 1.09. The highest BCUT2D eigenvalue weighted by Crippen LogP contribution is 2.29. The molecule has 1 saturated heterocycles. The Hall–Kier alpha value is -1.62. The lowest BCUT2D eigenvalue weighted by Gasteiger charge is -2.30. The van der Waals surface area contributed by atoms with Crippen LogP contribution in [-0.4, -0.2) is 34.1 Å². The summed E-state index contributed by atoms with van der Waals surface area (Å²) < 4.78 is 0.741. The van der Waals surface area contributed by atoms with Crippen molar-refractivity contribution in [2.75, 3.05) is 13.1 Å². The van der Waals surface area contributed by atoms with Crippen LogP contribution in [0.5, 0.6) is 0 Å². The molecule has 1 fully saturated rings. The lowest BCUT2D eigenvalue weighted by atomic mass is 10.1. The first kappa shape index (κ1) is 11.5. The molecule has 0 spiro atoms. The van der Waals surface area contributed by atoms with Gasteiger partial charge in [0.25, 0.3) is 5.91 Å². The Kier molecular flexibility index (Phi) is 2.91. The van der Waals surface area contributed by atoms with E-state index < -0.39 is 0 Å². The zero-order valence-corrected chi connectivity index (χ0v) is 11.3. The zero-order valence-electron chi connectivity index (χ0n) is 9.69. The molecule has 92 valence electrons. The summed E-state index contributed by atoms with van der Waals surface area (Å²) >= 11 is 3.47. The number of likely N-dealkylation sites (tertiary alicyclic amines) is 1. The number of rotatable bonds is 2. The van der Waals surface area contributed by atoms with Crippen molar-refractivity contribution in [1.29, 1.82) is 0 Å². The van der Waals surface area contributed by atoms with Crippen molar-refractivity contribution in [2.24, 2.45) is 0 Å². The van der Waals surface area contributed by atoms with Crippen LogP contribution in [0.15, 0.2) is 34.8 Å². The Morgan fingerprint density at radius 2 is 2.00 bits per heavy atom. The van der Waals surface area contributed by atoms with E-state index in [1.807, 2.05) is 35.2 Å². The number of carbonyl (C=O) groups excluding carboxylic acids is 1. The molecule has 4 nitrogen and oxygen atoms in total. The first-order valence-electron chi connectivity index (χ1n) is 5.86. The van der Waals surface area contributed by atoms with Crippen LogP contribution in [0.25, 0.3) is 11.3 Å². The molecule has 18 heavy (non-hydrogen) atoms. The molecular weight excluding hydrogens is 294 g/mol. The third-order valence-corrected chi connectivity index (χ3v) is 3.88. The van der Waals surface area contributed by atoms with E-state index in [0.717, 1.165) is 35.2 Å². The maximum absolute atomic E-state index is 12.1. The molecule has 0 saturated carbocycles. The van der Waals surface area contributed by atoms with Crippen molar-refractivity contribution in [2.45, 2.75) is 6.42 Å². The summed E-state index contributed by atoms with van der Waals surface area (Å²) in [5, 5.41) is 7.06. The summed E-state index contributed by atoms with van der Waals surface area (Å²) in [7, 11) is 0. The van der Waals surface area contributed by atoms with Crippen LogP contribution in [0.1, 0.15) is 16.9 Å². The van der Waals surface area contributed by atoms with Gasteiger partial charge in [-0.05, 0) is 22.4 Å². The molecule has 1 aromatic heterocycles. The standard InChI is InChI=1S/C13H12BrN3O/c14-10-11(9-5-2-1-3-6-9)15-16-12(10)13(18)17-7-4-8-17/h1-3,5-6H,4,7-8H2,(H,15,16). The SMILES string of the molecule is O=C(c1[nH]nc(-c2ccccc2)c1Br)N1CCC1. The number of hydrogen-bond acceptors (Lipinski definition) is 2. The molecule has 0 bridgehead atoms. The quantitative estimate of drug-likeness (QED) is 0.927. The number of carbonyl (C=O) groups is 1. The van der Waals surface area contributed by atoms with Gasteiger partial charge < -0.3 is 4.90 Å². The summed E-state index contributed by atoms with van der Waals surface area (Å²) in [4.78, 5) is 13.9. The maximum atomic E-state index is 12.1. The molecule has 1 aromatic carbocycles. The Labute approximate surface area is 113 Å². The first-order chi connectivity index (χ1) is 8.77. The number of hydrogen-bond donors (Lipinski definition) is 1. The minimum Gasteiger partial charge on any atom is -0.337 e. The molecule has 2 aromatic rings. The Balaban J connectivity index is 1.95. The molecular formula is C13H12BrN3O. The van der Waals surface area contributed by atoms with Crippen molar-refractivity contribution < 1.29 is 4.79 Å². The van der Waals surface area contributed by atoms with E-state index in [1.165, 1.54) is 0 Å². The van der Waals surface area contributed by atoms with Gasteiger partial charge in [0.15, 0.2) is 0 Å². The molecule has 5 heteroatoms. The van der Waals surface area contributed by atoms with Gasteiger partial charge in [-0.25, -0.2) is 0 Å². The average molecular weight is 306 g/mol. The third-order valence-electron chi connectivity index (χ3n) is 3.11. The summed E-state index contributed by atoms with van der Waals surface area (Å²) in [5.74, 6) is 0.0165. The van der Waals surface area contributed by atoms with Gasteiger partial charge in [-0.2, -0.15) is 5.10 Å². The van der Waals surface area contributed by atoms with Crippen molar-refractivity contribution >= 4 is 21.8 Å². The molecule has 0 atom stereocenters. The molecule has 0 aliphatic carbocycles. The number of H-pyrrole nitrogens is 1. The van der Waals surface area contributed by atoms with Crippen LogP contribution < -0.4 is 0 Å². The molecule has 2 heterocycles.